The summed E-state index contributed by atoms with van der Waals surface area (Å²) in [5.41, 5.74) is 4.72. The van der Waals surface area contributed by atoms with Crippen molar-refractivity contribution in [3.63, 3.8) is 0 Å². The number of carbonyl (C=O) groups is 1. The Bertz CT molecular complexity index is 377. The summed E-state index contributed by atoms with van der Waals surface area (Å²) in [4.78, 5) is 11.4. The van der Waals surface area contributed by atoms with Crippen molar-refractivity contribution in [3.05, 3.63) is 0 Å². The standard InChI is InChI=1S/C13H35NO5Si4.C2H6O/c1-11-12(16-13(14)15)23(17-20(2,3)4,18-21(5,6)7)19-22(8,9)10;1-2-3/h12H,11H2,1-10H3,(H2,14,15);3H,2H2,1H3. The van der Waals surface area contributed by atoms with Gasteiger partial charge in [-0.1, -0.05) is 6.92 Å². The molecule has 0 aliphatic rings. The fourth-order valence-corrected chi connectivity index (χ4v) is 16.3. The Kier molecular flexibility index (Phi) is 12.0. The van der Waals surface area contributed by atoms with Crippen LogP contribution in [0.3, 0.4) is 0 Å². The molecular formula is C15H41NO6Si4. The zero-order valence-electron chi connectivity index (χ0n) is 18.6. The maximum absolute atomic E-state index is 11.4. The van der Waals surface area contributed by atoms with Gasteiger partial charge in [-0.25, -0.2) is 4.79 Å². The molecule has 1 amide bonds. The van der Waals surface area contributed by atoms with Crippen molar-refractivity contribution in [2.45, 2.75) is 84.9 Å². The van der Waals surface area contributed by atoms with Crippen LogP contribution >= 0.6 is 0 Å². The zero-order chi connectivity index (χ0) is 21.4. The van der Waals surface area contributed by atoms with Gasteiger partial charge in [0.2, 0.25) is 0 Å². The van der Waals surface area contributed by atoms with E-state index in [0.29, 0.717) is 6.42 Å². The number of hydrogen-bond acceptors (Lipinski definition) is 6. The molecule has 7 nitrogen and oxygen atoms in total. The minimum Gasteiger partial charge on any atom is -0.442 e. The van der Waals surface area contributed by atoms with E-state index in [1.807, 2.05) is 6.92 Å². The average molecular weight is 444 g/mol. The molecule has 0 aromatic carbocycles. The monoisotopic (exact) mass is 443 g/mol. The first kappa shape index (κ1) is 28.2. The summed E-state index contributed by atoms with van der Waals surface area (Å²) in [6, 6.07) is 0. The Hall–Kier alpha value is -0.0225. The lowest BCUT2D eigenvalue weighted by molar-refractivity contribution is 0.0915. The van der Waals surface area contributed by atoms with Gasteiger partial charge in [0.15, 0.2) is 30.7 Å². The van der Waals surface area contributed by atoms with Crippen LogP contribution in [0, 0.1) is 0 Å². The second-order valence-electron chi connectivity index (χ2n) is 8.90. The minimum absolute atomic E-state index is 0.250. The van der Waals surface area contributed by atoms with Gasteiger partial charge < -0.3 is 27.9 Å². The molecule has 1 atom stereocenters. The molecule has 0 fully saturated rings. The quantitative estimate of drug-likeness (QED) is 0.524. The molecule has 3 N–H and O–H groups in total. The molecular weight excluding hydrogens is 403 g/mol. The van der Waals surface area contributed by atoms with E-state index < -0.39 is 45.6 Å². The van der Waals surface area contributed by atoms with Crippen molar-refractivity contribution < 1.29 is 27.0 Å². The molecule has 0 aliphatic heterocycles. The van der Waals surface area contributed by atoms with E-state index in [2.05, 4.69) is 58.9 Å². The minimum atomic E-state index is -3.23. The molecule has 0 rings (SSSR count). The maximum Gasteiger partial charge on any atom is 0.512 e. The normalized spacial score (nSPS) is 14.3. The highest BCUT2D eigenvalue weighted by atomic mass is 28.5. The highest BCUT2D eigenvalue weighted by Gasteiger charge is 2.57. The van der Waals surface area contributed by atoms with Crippen molar-refractivity contribution in [1.29, 1.82) is 0 Å². The second kappa shape index (κ2) is 11.1. The highest BCUT2D eigenvalue weighted by molar-refractivity contribution is 6.90. The number of nitrogens with two attached hydrogens (primary N) is 1. The number of amides is 1. The molecule has 158 valence electrons. The molecule has 0 spiro atoms. The van der Waals surface area contributed by atoms with Crippen LogP contribution in [-0.2, 0) is 17.1 Å². The van der Waals surface area contributed by atoms with Gasteiger partial charge in [-0.2, -0.15) is 0 Å². The molecule has 0 aromatic heterocycles. The summed E-state index contributed by atoms with van der Waals surface area (Å²) in [7, 11) is -9.23. The summed E-state index contributed by atoms with van der Waals surface area (Å²) in [5.74, 6) is 0. The molecule has 0 saturated heterocycles. The van der Waals surface area contributed by atoms with Crippen LogP contribution in [-0.4, -0.2) is 57.3 Å². The molecule has 0 aromatic rings. The van der Waals surface area contributed by atoms with Crippen LogP contribution in [0.25, 0.3) is 0 Å². The summed E-state index contributed by atoms with van der Waals surface area (Å²) < 4.78 is 24.9. The van der Waals surface area contributed by atoms with Crippen LogP contribution in [0.1, 0.15) is 20.3 Å². The van der Waals surface area contributed by atoms with Crippen molar-refractivity contribution >= 4 is 39.8 Å². The van der Waals surface area contributed by atoms with Crippen LogP contribution in [0.15, 0.2) is 0 Å². The lowest BCUT2D eigenvalue weighted by atomic mass is 10.5. The van der Waals surface area contributed by atoms with Gasteiger partial charge in [0.1, 0.15) is 0 Å². The molecule has 0 aliphatic carbocycles. The van der Waals surface area contributed by atoms with Gasteiger partial charge in [-0.05, 0) is 72.3 Å². The topological polar surface area (TPSA) is 100 Å². The summed E-state index contributed by atoms with van der Waals surface area (Å²) in [5, 5.41) is 7.57. The largest absolute Gasteiger partial charge is 0.512 e. The second-order valence-corrected chi connectivity index (χ2v) is 25.9. The summed E-state index contributed by atoms with van der Waals surface area (Å²) in [6.07, 6.45) is -0.263. The first-order chi connectivity index (χ1) is 11.4. The average Bonchev–Trinajstić information content (AvgIpc) is 2.29. The van der Waals surface area contributed by atoms with Gasteiger partial charge in [0, 0.05) is 6.61 Å². The van der Waals surface area contributed by atoms with Crippen molar-refractivity contribution in [2.24, 2.45) is 5.73 Å². The van der Waals surface area contributed by atoms with Gasteiger partial charge in [-0.15, -0.1) is 0 Å². The van der Waals surface area contributed by atoms with E-state index >= 15 is 0 Å². The third kappa shape index (κ3) is 14.1. The van der Waals surface area contributed by atoms with E-state index in [0.717, 1.165) is 0 Å². The number of hydrogen-bond donors (Lipinski definition) is 2. The van der Waals surface area contributed by atoms with E-state index in [9.17, 15) is 4.79 Å². The van der Waals surface area contributed by atoms with Gasteiger partial charge >= 0.3 is 14.9 Å². The third-order valence-corrected chi connectivity index (χ3v) is 14.4. The lowest BCUT2D eigenvalue weighted by Crippen LogP contribution is -2.67. The molecule has 11 heteroatoms. The molecule has 0 radical (unpaired) electrons. The van der Waals surface area contributed by atoms with E-state index in [-0.39, 0.29) is 6.61 Å². The maximum atomic E-state index is 11.4. The fourth-order valence-electron chi connectivity index (χ4n) is 2.09. The number of aliphatic hydroxyl groups is 1. The summed E-state index contributed by atoms with van der Waals surface area (Å²) in [6.45, 7) is 22.7. The van der Waals surface area contributed by atoms with Gasteiger partial charge in [0.25, 0.3) is 0 Å². The molecule has 26 heavy (non-hydrogen) atoms. The molecule has 0 bridgehead atoms. The number of carbonyl (C=O) groups excluding carboxylic acids is 1. The Balaban J connectivity index is 0. The first-order valence-corrected chi connectivity index (χ1v) is 21.1. The number of primary amides is 1. The van der Waals surface area contributed by atoms with E-state index in [4.69, 9.17) is 27.9 Å². The number of rotatable bonds is 9. The lowest BCUT2D eigenvalue weighted by Gasteiger charge is -2.45. The van der Waals surface area contributed by atoms with Gasteiger partial charge in [-0.3, -0.25) is 0 Å². The van der Waals surface area contributed by atoms with Crippen molar-refractivity contribution in [3.8, 4) is 0 Å². The number of ether oxygens (including phenoxy) is 1. The number of aliphatic hydroxyl groups excluding tert-OH is 1. The molecule has 1 unspecified atom stereocenters. The van der Waals surface area contributed by atoms with Crippen LogP contribution in [0.5, 0.6) is 0 Å². The van der Waals surface area contributed by atoms with E-state index in [1.54, 1.807) is 6.92 Å². The van der Waals surface area contributed by atoms with E-state index in [1.165, 1.54) is 0 Å². The van der Waals surface area contributed by atoms with Gasteiger partial charge in [0.05, 0.1) is 0 Å². The van der Waals surface area contributed by atoms with Crippen LogP contribution in [0.4, 0.5) is 4.79 Å². The first-order valence-electron chi connectivity index (χ1n) is 9.08. The molecule has 0 heterocycles. The molecule has 0 saturated carbocycles. The predicted molar refractivity (Wildman–Crippen MR) is 117 cm³/mol. The summed E-state index contributed by atoms with van der Waals surface area (Å²) >= 11 is 0. The zero-order valence-corrected chi connectivity index (χ0v) is 22.6. The van der Waals surface area contributed by atoms with Crippen LogP contribution in [0.2, 0.25) is 58.9 Å². The fraction of sp³-hybridized carbons (Fsp3) is 0.933. The SMILES string of the molecule is CCC(OC(N)=O)[Si](O[Si](C)(C)C)(O[Si](C)(C)C)O[Si](C)(C)C.CCO. The Morgan fingerprint density at radius 3 is 1.27 bits per heavy atom. The Morgan fingerprint density at radius 2 is 1.12 bits per heavy atom. The smallest absolute Gasteiger partial charge is 0.442 e. The predicted octanol–water partition coefficient (Wildman–Crippen LogP) is 3.89. The third-order valence-electron chi connectivity index (χ3n) is 2.37. The Labute approximate surface area is 164 Å². The van der Waals surface area contributed by atoms with Crippen molar-refractivity contribution in [1.82, 2.24) is 0 Å². The van der Waals surface area contributed by atoms with Crippen molar-refractivity contribution in [2.75, 3.05) is 6.61 Å². The highest BCUT2D eigenvalue weighted by Crippen LogP contribution is 2.31. The van der Waals surface area contributed by atoms with Crippen LogP contribution < -0.4 is 5.73 Å². The Morgan fingerprint density at radius 1 is 0.846 bits per heavy atom.